The van der Waals surface area contributed by atoms with Crippen LogP contribution in [0.3, 0.4) is 0 Å². The molecule has 0 spiro atoms. The number of nitrogens with zero attached hydrogens (tertiary/aromatic N) is 2. The summed E-state index contributed by atoms with van der Waals surface area (Å²) in [5.41, 5.74) is 12.8. The van der Waals surface area contributed by atoms with Crippen molar-refractivity contribution in [3.8, 4) is 0 Å². The minimum Gasteiger partial charge on any atom is -0.372 e. The molecule has 0 radical (unpaired) electrons. The Balaban J connectivity index is 1.88. The van der Waals surface area contributed by atoms with E-state index < -0.39 is 0 Å². The van der Waals surface area contributed by atoms with Crippen LogP contribution in [0.15, 0.2) is 78.9 Å². The summed E-state index contributed by atoms with van der Waals surface area (Å²) in [6.07, 6.45) is 9.74. The lowest BCUT2D eigenvalue weighted by Crippen LogP contribution is -2.74. The molecule has 1 atom stereocenters. The van der Waals surface area contributed by atoms with Crippen molar-refractivity contribution in [2.24, 2.45) is 5.92 Å². The number of hydrogen-bond donors (Lipinski definition) is 1. The first-order chi connectivity index (χ1) is 21.0. The van der Waals surface area contributed by atoms with Gasteiger partial charge in [-0.05, 0) is 117 Å². The molecule has 1 aliphatic carbocycles. The van der Waals surface area contributed by atoms with Crippen LogP contribution in [0.4, 0.5) is 11.4 Å². The van der Waals surface area contributed by atoms with Crippen molar-refractivity contribution in [3.63, 3.8) is 0 Å². The Morgan fingerprint density at radius 3 is 1.95 bits per heavy atom. The van der Waals surface area contributed by atoms with Gasteiger partial charge < -0.3 is 9.80 Å². The molecule has 0 heterocycles. The van der Waals surface area contributed by atoms with Gasteiger partial charge in [-0.1, -0.05) is 63.1 Å². The third-order valence-corrected chi connectivity index (χ3v) is 9.21. The SMILES string of the molecule is CCCCC(CC)C[NH+]=C1C=CC(=C(c2ccc(N(CC)CC)cc2)c2ccc(N(CC)CC)cc2C)c2ccccc21. The molecule has 0 bridgehead atoms. The number of unbranched alkanes of at least 4 members (excludes halogenated alkanes) is 1. The second-order valence-corrected chi connectivity index (χ2v) is 11.8. The summed E-state index contributed by atoms with van der Waals surface area (Å²) in [6.45, 7) is 20.9. The molecule has 1 aliphatic rings. The van der Waals surface area contributed by atoms with Crippen molar-refractivity contribution in [1.29, 1.82) is 0 Å². The summed E-state index contributed by atoms with van der Waals surface area (Å²) < 4.78 is 0. The van der Waals surface area contributed by atoms with Gasteiger partial charge in [0.15, 0.2) is 0 Å². The molecule has 228 valence electrons. The van der Waals surface area contributed by atoms with Crippen LogP contribution in [-0.2, 0) is 0 Å². The Hall–Kier alpha value is -3.59. The highest BCUT2D eigenvalue weighted by molar-refractivity contribution is 6.17. The van der Waals surface area contributed by atoms with Gasteiger partial charge in [-0.3, -0.25) is 0 Å². The predicted octanol–water partition coefficient (Wildman–Crippen LogP) is 8.30. The minimum atomic E-state index is 0.705. The fraction of sp³-hybridized carbons (Fsp3) is 0.425. The van der Waals surface area contributed by atoms with Crippen LogP contribution in [0.25, 0.3) is 11.1 Å². The van der Waals surface area contributed by atoms with E-state index >= 15 is 0 Å². The van der Waals surface area contributed by atoms with E-state index in [0.29, 0.717) is 5.92 Å². The normalized spacial score (nSPS) is 15.4. The molecule has 0 saturated carbocycles. The van der Waals surface area contributed by atoms with Gasteiger partial charge in [0.1, 0.15) is 6.54 Å². The zero-order valence-corrected chi connectivity index (χ0v) is 27.8. The van der Waals surface area contributed by atoms with Gasteiger partial charge in [0.05, 0.1) is 5.56 Å². The van der Waals surface area contributed by atoms with Gasteiger partial charge in [-0.25, -0.2) is 4.99 Å². The summed E-state index contributed by atoms with van der Waals surface area (Å²) >= 11 is 0. The molecule has 0 fully saturated rings. The molecule has 3 nitrogen and oxygen atoms in total. The summed E-state index contributed by atoms with van der Waals surface area (Å²) in [4.78, 5) is 8.69. The topological polar surface area (TPSA) is 20.5 Å². The van der Waals surface area contributed by atoms with Gasteiger partial charge in [-0.2, -0.15) is 0 Å². The van der Waals surface area contributed by atoms with Crippen molar-refractivity contribution in [2.45, 2.75) is 74.1 Å². The van der Waals surface area contributed by atoms with Crippen LogP contribution in [0.1, 0.15) is 95.0 Å². The highest BCUT2D eigenvalue weighted by Crippen LogP contribution is 2.39. The standard InChI is InChI=1S/C40H53N3/c1-8-14-17-31(9-2)29-41-39-27-26-38(36-18-15-16-19-37(36)39)40(32-20-22-33(23-21-32)42(10-3)11-4)35-25-24-34(28-30(35)7)43(12-5)13-6/h15-16,18-28,31H,8-14,17,29H2,1-7H3/p+1. The first-order valence-electron chi connectivity index (χ1n) is 16.8. The third kappa shape index (κ3) is 7.50. The van der Waals surface area contributed by atoms with E-state index in [2.05, 4.69) is 142 Å². The van der Waals surface area contributed by atoms with Gasteiger partial charge in [0.25, 0.3) is 0 Å². The van der Waals surface area contributed by atoms with Crippen LogP contribution < -0.4 is 14.8 Å². The molecule has 0 aromatic heterocycles. The van der Waals surface area contributed by atoms with Crippen LogP contribution >= 0.6 is 0 Å². The molecule has 0 amide bonds. The maximum Gasteiger partial charge on any atom is 0.206 e. The maximum absolute atomic E-state index is 3.85. The monoisotopic (exact) mass is 576 g/mol. The zero-order valence-electron chi connectivity index (χ0n) is 27.8. The third-order valence-electron chi connectivity index (χ3n) is 9.21. The van der Waals surface area contributed by atoms with Gasteiger partial charge in [-0.15, -0.1) is 0 Å². The molecular formula is C40H54N3+. The molecule has 1 N–H and O–H groups in total. The summed E-state index contributed by atoms with van der Waals surface area (Å²) in [7, 11) is 0. The lowest BCUT2D eigenvalue weighted by atomic mass is 9.82. The van der Waals surface area contributed by atoms with E-state index in [0.717, 1.165) is 32.7 Å². The highest BCUT2D eigenvalue weighted by Gasteiger charge is 2.24. The fourth-order valence-corrected chi connectivity index (χ4v) is 6.47. The Labute approximate surface area is 262 Å². The molecule has 0 aliphatic heterocycles. The lowest BCUT2D eigenvalue weighted by Gasteiger charge is -2.25. The smallest absolute Gasteiger partial charge is 0.206 e. The second kappa shape index (κ2) is 15.8. The largest absolute Gasteiger partial charge is 0.372 e. The molecule has 3 aromatic carbocycles. The zero-order chi connectivity index (χ0) is 30.8. The first-order valence-corrected chi connectivity index (χ1v) is 16.8. The van der Waals surface area contributed by atoms with E-state index in [1.54, 1.807) is 0 Å². The van der Waals surface area contributed by atoms with E-state index in [9.17, 15) is 0 Å². The number of anilines is 2. The van der Waals surface area contributed by atoms with Crippen molar-refractivity contribution >= 4 is 28.2 Å². The molecule has 1 unspecified atom stereocenters. The number of hydrogen-bond acceptors (Lipinski definition) is 2. The highest BCUT2D eigenvalue weighted by atomic mass is 15.1. The van der Waals surface area contributed by atoms with Crippen LogP contribution in [0.2, 0.25) is 0 Å². The van der Waals surface area contributed by atoms with Gasteiger partial charge >= 0.3 is 0 Å². The Kier molecular flexibility index (Phi) is 11.8. The average molecular weight is 577 g/mol. The summed E-state index contributed by atoms with van der Waals surface area (Å²) in [6, 6.07) is 25.2. The number of rotatable bonds is 14. The first kappa shape index (κ1) is 32.3. The predicted molar refractivity (Wildman–Crippen MR) is 189 cm³/mol. The Morgan fingerprint density at radius 1 is 0.721 bits per heavy atom. The van der Waals surface area contributed by atoms with Gasteiger partial charge in [0, 0.05) is 49.5 Å². The molecule has 0 saturated heterocycles. The number of benzene rings is 3. The number of aryl methyl sites for hydroxylation is 1. The molecule has 3 heteroatoms. The van der Waals surface area contributed by atoms with Crippen molar-refractivity contribution in [1.82, 2.24) is 0 Å². The van der Waals surface area contributed by atoms with E-state index in [1.807, 2.05) is 0 Å². The Morgan fingerprint density at radius 2 is 1.35 bits per heavy atom. The number of nitrogens with one attached hydrogen (secondary N) is 1. The molecule has 4 rings (SSSR count). The van der Waals surface area contributed by atoms with Crippen LogP contribution in [-0.4, -0.2) is 38.4 Å². The number of fused-ring (bicyclic) bond motifs is 1. The fourth-order valence-electron chi connectivity index (χ4n) is 6.47. The summed E-state index contributed by atoms with van der Waals surface area (Å²) in [5.74, 6) is 0.705. The van der Waals surface area contributed by atoms with Crippen molar-refractivity contribution in [3.05, 3.63) is 107 Å². The average Bonchev–Trinajstić information content (AvgIpc) is 3.04. The van der Waals surface area contributed by atoms with E-state index in [4.69, 9.17) is 0 Å². The quantitative estimate of drug-likeness (QED) is 0.208. The lowest BCUT2D eigenvalue weighted by molar-refractivity contribution is -0.465. The van der Waals surface area contributed by atoms with E-state index in [1.165, 1.54) is 81.7 Å². The molecular weight excluding hydrogens is 522 g/mol. The minimum absolute atomic E-state index is 0.705. The van der Waals surface area contributed by atoms with Gasteiger partial charge in [0.2, 0.25) is 5.71 Å². The van der Waals surface area contributed by atoms with Crippen LogP contribution in [0.5, 0.6) is 0 Å². The van der Waals surface area contributed by atoms with Crippen molar-refractivity contribution in [2.75, 3.05) is 42.5 Å². The second-order valence-electron chi connectivity index (χ2n) is 11.8. The van der Waals surface area contributed by atoms with Crippen LogP contribution in [0, 0.1) is 12.8 Å². The van der Waals surface area contributed by atoms with Crippen molar-refractivity contribution < 1.29 is 4.99 Å². The maximum atomic E-state index is 3.85. The van der Waals surface area contributed by atoms with E-state index in [-0.39, 0.29) is 0 Å². The molecule has 3 aromatic rings. The number of allylic oxidation sites excluding steroid dienone is 3. The Bertz CT molecular complexity index is 1420. The molecule has 43 heavy (non-hydrogen) atoms. The summed E-state index contributed by atoms with van der Waals surface area (Å²) in [5, 5.41) is 0.